The van der Waals surface area contributed by atoms with Crippen LogP contribution in [0.3, 0.4) is 0 Å². The first-order chi connectivity index (χ1) is 15.7. The fourth-order valence-electron chi connectivity index (χ4n) is 4.86. The van der Waals surface area contributed by atoms with E-state index >= 15 is 0 Å². The lowest BCUT2D eigenvalue weighted by Crippen LogP contribution is -2.42. The zero-order valence-electron chi connectivity index (χ0n) is 17.6. The lowest BCUT2D eigenvalue weighted by atomic mass is 9.77. The average molecular weight is 467 g/mol. The molecule has 7 nitrogen and oxygen atoms in total. The number of alkyl halides is 5. The second kappa shape index (κ2) is 8.07. The van der Waals surface area contributed by atoms with Gasteiger partial charge in [-0.3, -0.25) is 0 Å². The lowest BCUT2D eigenvalue weighted by Gasteiger charge is -2.40. The predicted molar refractivity (Wildman–Crippen MR) is 111 cm³/mol. The molecule has 0 bridgehead atoms. The molecule has 0 amide bonds. The van der Waals surface area contributed by atoms with Crippen LogP contribution in [-0.4, -0.2) is 57.3 Å². The number of rotatable bonds is 4. The quantitative estimate of drug-likeness (QED) is 0.541. The summed E-state index contributed by atoms with van der Waals surface area (Å²) in [6, 6.07) is 2.37. The van der Waals surface area contributed by atoms with Crippen LogP contribution in [0.5, 0.6) is 0 Å². The molecule has 176 valence electrons. The molecule has 0 unspecified atom stereocenters. The molecule has 2 fully saturated rings. The Hall–Kier alpha value is -3.05. The summed E-state index contributed by atoms with van der Waals surface area (Å²) >= 11 is 0. The smallest absolute Gasteiger partial charge is 0.356 e. The standard InChI is InChI=1S/C21H22F5N7/c22-16(23)12-33-19-15(10-29-33)28-11-17(30-19)32-9-5-20(13-32)3-7-31(8-4-20)18-14(21(24,25)26)2-1-6-27-18/h1-2,6,10-11,16H,3-5,7-9,12-13H2. The fraction of sp³-hybridized carbons (Fsp3) is 0.524. The lowest BCUT2D eigenvalue weighted by molar-refractivity contribution is -0.137. The maximum atomic E-state index is 13.4. The second-order valence-corrected chi connectivity index (χ2v) is 8.69. The molecule has 12 heteroatoms. The highest BCUT2D eigenvalue weighted by atomic mass is 19.4. The third-order valence-corrected chi connectivity index (χ3v) is 6.62. The van der Waals surface area contributed by atoms with Crippen LogP contribution in [-0.2, 0) is 12.7 Å². The van der Waals surface area contributed by atoms with Gasteiger partial charge in [-0.2, -0.15) is 18.3 Å². The maximum absolute atomic E-state index is 13.4. The number of pyridine rings is 1. The minimum absolute atomic E-state index is 0.0155. The first-order valence-corrected chi connectivity index (χ1v) is 10.7. The van der Waals surface area contributed by atoms with Crippen molar-refractivity contribution in [3.63, 3.8) is 0 Å². The van der Waals surface area contributed by atoms with Crippen molar-refractivity contribution in [1.82, 2.24) is 24.7 Å². The molecule has 0 aliphatic carbocycles. The molecule has 5 heterocycles. The Labute approximate surface area is 186 Å². The zero-order chi connectivity index (χ0) is 23.2. The fourth-order valence-corrected chi connectivity index (χ4v) is 4.86. The highest BCUT2D eigenvalue weighted by Crippen LogP contribution is 2.44. The van der Waals surface area contributed by atoms with Crippen molar-refractivity contribution in [2.24, 2.45) is 5.41 Å². The van der Waals surface area contributed by atoms with Crippen LogP contribution >= 0.6 is 0 Å². The third kappa shape index (κ3) is 4.18. The monoisotopic (exact) mass is 467 g/mol. The van der Waals surface area contributed by atoms with Crippen LogP contribution in [0.4, 0.5) is 33.6 Å². The highest BCUT2D eigenvalue weighted by molar-refractivity contribution is 5.71. The molecule has 5 rings (SSSR count). The number of hydrogen-bond acceptors (Lipinski definition) is 6. The van der Waals surface area contributed by atoms with Crippen LogP contribution < -0.4 is 9.80 Å². The van der Waals surface area contributed by atoms with Crippen molar-refractivity contribution >= 4 is 22.8 Å². The van der Waals surface area contributed by atoms with Gasteiger partial charge < -0.3 is 9.80 Å². The summed E-state index contributed by atoms with van der Waals surface area (Å²) in [6.07, 6.45) is -0.221. The Morgan fingerprint density at radius 3 is 2.42 bits per heavy atom. The molecule has 2 saturated heterocycles. The van der Waals surface area contributed by atoms with E-state index in [2.05, 4.69) is 25.0 Å². The van der Waals surface area contributed by atoms with Gasteiger partial charge in [-0.25, -0.2) is 28.4 Å². The largest absolute Gasteiger partial charge is 0.419 e. The van der Waals surface area contributed by atoms with Crippen LogP contribution in [0.25, 0.3) is 11.2 Å². The second-order valence-electron chi connectivity index (χ2n) is 8.69. The molecule has 0 N–H and O–H groups in total. The van der Waals surface area contributed by atoms with Gasteiger partial charge in [-0.1, -0.05) is 0 Å². The first-order valence-electron chi connectivity index (χ1n) is 10.7. The van der Waals surface area contributed by atoms with Crippen LogP contribution in [0, 0.1) is 5.41 Å². The maximum Gasteiger partial charge on any atom is 0.419 e. The normalized spacial score (nSPS) is 18.7. The van der Waals surface area contributed by atoms with E-state index in [4.69, 9.17) is 0 Å². The number of hydrogen-bond donors (Lipinski definition) is 0. The van der Waals surface area contributed by atoms with Gasteiger partial charge in [-0.05, 0) is 36.8 Å². The van der Waals surface area contributed by atoms with Crippen molar-refractivity contribution in [2.45, 2.75) is 38.4 Å². The van der Waals surface area contributed by atoms with E-state index in [9.17, 15) is 22.0 Å². The van der Waals surface area contributed by atoms with Gasteiger partial charge in [0.25, 0.3) is 6.43 Å². The predicted octanol–water partition coefficient (Wildman–Crippen LogP) is 4.00. The van der Waals surface area contributed by atoms with E-state index in [1.54, 1.807) is 11.1 Å². The highest BCUT2D eigenvalue weighted by Gasteiger charge is 2.43. The van der Waals surface area contributed by atoms with E-state index in [1.165, 1.54) is 18.5 Å². The van der Waals surface area contributed by atoms with Crippen LogP contribution in [0.15, 0.2) is 30.7 Å². The zero-order valence-corrected chi connectivity index (χ0v) is 17.6. The third-order valence-electron chi connectivity index (χ3n) is 6.62. The Bertz CT molecular complexity index is 1140. The molecule has 2 aliphatic heterocycles. The number of fused-ring (bicyclic) bond motifs is 1. The molecule has 2 aliphatic rings. The van der Waals surface area contributed by atoms with Gasteiger partial charge in [0.1, 0.15) is 23.7 Å². The van der Waals surface area contributed by atoms with Gasteiger partial charge in [-0.15, -0.1) is 0 Å². The van der Waals surface area contributed by atoms with Gasteiger partial charge in [0.15, 0.2) is 5.65 Å². The topological polar surface area (TPSA) is 63.0 Å². The number of nitrogens with zero attached hydrogens (tertiary/aromatic N) is 7. The van der Waals surface area contributed by atoms with Gasteiger partial charge in [0.05, 0.1) is 18.0 Å². The molecule has 0 radical (unpaired) electrons. The van der Waals surface area contributed by atoms with Crippen LogP contribution in [0.1, 0.15) is 24.8 Å². The van der Waals surface area contributed by atoms with Crippen LogP contribution in [0.2, 0.25) is 0 Å². The summed E-state index contributed by atoms with van der Waals surface area (Å²) in [4.78, 5) is 16.7. The van der Waals surface area contributed by atoms with Crippen molar-refractivity contribution in [3.8, 4) is 0 Å². The van der Waals surface area contributed by atoms with E-state index in [1.807, 2.05) is 0 Å². The molecule has 0 atom stereocenters. The molecule has 3 aromatic heterocycles. The molecule has 0 saturated carbocycles. The SMILES string of the molecule is FC(F)Cn1ncc2ncc(N3CCC4(CCN(c5ncccc5C(F)(F)F)CC4)C3)nc21. The summed E-state index contributed by atoms with van der Waals surface area (Å²) in [5.74, 6) is 0.584. The molecule has 33 heavy (non-hydrogen) atoms. The summed E-state index contributed by atoms with van der Waals surface area (Å²) < 4.78 is 67.0. The number of anilines is 2. The molecule has 3 aromatic rings. The Balaban J connectivity index is 1.30. The van der Waals surface area contributed by atoms with E-state index in [-0.39, 0.29) is 11.2 Å². The first kappa shape index (κ1) is 21.8. The summed E-state index contributed by atoms with van der Waals surface area (Å²) in [7, 11) is 0. The minimum Gasteiger partial charge on any atom is -0.356 e. The number of piperidine rings is 1. The van der Waals surface area contributed by atoms with Crippen molar-refractivity contribution in [3.05, 3.63) is 36.3 Å². The summed E-state index contributed by atoms with van der Waals surface area (Å²) in [5.41, 5.74) is 0.0256. The van der Waals surface area contributed by atoms with Crippen molar-refractivity contribution in [1.29, 1.82) is 0 Å². The average Bonchev–Trinajstić information content (AvgIpc) is 3.38. The van der Waals surface area contributed by atoms with Gasteiger partial charge in [0.2, 0.25) is 0 Å². The van der Waals surface area contributed by atoms with Gasteiger partial charge in [0, 0.05) is 32.4 Å². The van der Waals surface area contributed by atoms with Gasteiger partial charge >= 0.3 is 6.18 Å². The molecular formula is C21H22F5N7. The molecular weight excluding hydrogens is 445 g/mol. The number of halogens is 5. The summed E-state index contributed by atoms with van der Waals surface area (Å²) in [6.45, 7) is 1.84. The van der Waals surface area contributed by atoms with E-state index in [0.717, 1.165) is 36.6 Å². The number of aromatic nitrogens is 5. The Kier molecular flexibility index (Phi) is 5.32. The Morgan fingerprint density at radius 1 is 1.00 bits per heavy atom. The van der Waals surface area contributed by atoms with Crippen molar-refractivity contribution < 1.29 is 22.0 Å². The van der Waals surface area contributed by atoms with E-state index in [0.29, 0.717) is 36.6 Å². The Morgan fingerprint density at radius 2 is 1.73 bits per heavy atom. The summed E-state index contributed by atoms with van der Waals surface area (Å²) in [5, 5.41) is 3.95. The molecule has 1 spiro atoms. The minimum atomic E-state index is -4.45. The van der Waals surface area contributed by atoms with Crippen molar-refractivity contribution in [2.75, 3.05) is 36.0 Å². The van der Waals surface area contributed by atoms with E-state index < -0.39 is 24.7 Å². The molecule has 0 aromatic carbocycles.